The minimum atomic E-state index is -0.356. The van der Waals surface area contributed by atoms with E-state index in [2.05, 4.69) is 0 Å². The van der Waals surface area contributed by atoms with Gasteiger partial charge >= 0.3 is 0 Å². The number of nitrogens with zero attached hydrogens (tertiary/aromatic N) is 1. The number of hydrogen-bond donors (Lipinski definition) is 0. The van der Waals surface area contributed by atoms with Crippen LogP contribution < -0.4 is 0 Å². The zero-order chi connectivity index (χ0) is 10.7. The smallest absolute Gasteiger partial charge is 0.227 e. The van der Waals surface area contributed by atoms with Crippen LogP contribution in [0.4, 0.5) is 4.39 Å². The third kappa shape index (κ3) is 2.17. The van der Waals surface area contributed by atoms with Gasteiger partial charge in [0.05, 0.1) is 13.1 Å². The van der Waals surface area contributed by atoms with E-state index < -0.39 is 0 Å². The van der Waals surface area contributed by atoms with Crippen molar-refractivity contribution in [3.05, 3.63) is 35.4 Å². The number of alkyl halides is 1. The first-order valence-corrected chi connectivity index (χ1v) is 5.22. The Bertz CT molecular complexity index is 364. The van der Waals surface area contributed by atoms with Crippen LogP contribution in [0.5, 0.6) is 0 Å². The fourth-order valence-electron chi connectivity index (χ4n) is 1.91. The van der Waals surface area contributed by atoms with Crippen molar-refractivity contribution in [3.63, 3.8) is 0 Å². The van der Waals surface area contributed by atoms with Crippen LogP contribution in [0.2, 0.25) is 0 Å². The first kappa shape index (κ1) is 10.1. The molecule has 0 radical (unpaired) electrons. The Morgan fingerprint density at radius 3 is 2.73 bits per heavy atom. The molecular formula is C12H14FNO. The van der Waals surface area contributed by atoms with E-state index in [1.165, 1.54) is 5.56 Å². The molecule has 3 heteroatoms. The van der Waals surface area contributed by atoms with Crippen molar-refractivity contribution in [2.45, 2.75) is 19.4 Å². The summed E-state index contributed by atoms with van der Waals surface area (Å²) < 4.78 is 12.0. The van der Waals surface area contributed by atoms with Gasteiger partial charge in [-0.3, -0.25) is 9.18 Å². The second kappa shape index (κ2) is 4.43. The number of amides is 1. The molecular weight excluding hydrogens is 193 g/mol. The minimum absolute atomic E-state index is 0.113. The summed E-state index contributed by atoms with van der Waals surface area (Å²) in [7, 11) is 0. The maximum Gasteiger partial charge on any atom is 0.227 e. The summed E-state index contributed by atoms with van der Waals surface area (Å²) in [5.74, 6) is 0.113. The highest BCUT2D eigenvalue weighted by Crippen LogP contribution is 2.19. The first-order valence-electron chi connectivity index (χ1n) is 5.22. The van der Waals surface area contributed by atoms with Crippen molar-refractivity contribution in [3.8, 4) is 0 Å². The van der Waals surface area contributed by atoms with Crippen LogP contribution in [0.25, 0.3) is 0 Å². The molecule has 1 aliphatic rings. The molecule has 0 bridgehead atoms. The monoisotopic (exact) mass is 207 g/mol. The topological polar surface area (TPSA) is 20.3 Å². The number of carbonyl (C=O) groups excluding carboxylic acids is 1. The van der Waals surface area contributed by atoms with E-state index in [4.69, 9.17) is 0 Å². The van der Waals surface area contributed by atoms with Crippen molar-refractivity contribution in [1.82, 2.24) is 4.90 Å². The second-order valence-corrected chi connectivity index (χ2v) is 3.80. The van der Waals surface area contributed by atoms with Crippen molar-refractivity contribution < 1.29 is 9.18 Å². The second-order valence-electron chi connectivity index (χ2n) is 3.80. The lowest BCUT2D eigenvalue weighted by molar-refractivity contribution is -0.132. The van der Waals surface area contributed by atoms with Crippen molar-refractivity contribution >= 4 is 5.91 Å². The fraction of sp³-hybridized carbons (Fsp3) is 0.417. The van der Waals surface area contributed by atoms with Gasteiger partial charge in [0.25, 0.3) is 0 Å². The van der Waals surface area contributed by atoms with Crippen LogP contribution in [0.1, 0.15) is 17.5 Å². The first-order chi connectivity index (χ1) is 7.31. The molecule has 0 atom stereocenters. The highest BCUT2D eigenvalue weighted by atomic mass is 19.1. The van der Waals surface area contributed by atoms with E-state index in [0.29, 0.717) is 25.9 Å². The average Bonchev–Trinajstić information content (AvgIpc) is 2.26. The number of halogens is 1. The summed E-state index contributed by atoms with van der Waals surface area (Å²) in [6.07, 6.45) is 0.899. The molecule has 1 aliphatic heterocycles. The molecule has 0 fully saturated rings. The maximum atomic E-state index is 12.0. The molecule has 0 saturated heterocycles. The molecule has 15 heavy (non-hydrogen) atoms. The van der Waals surface area contributed by atoms with E-state index >= 15 is 0 Å². The van der Waals surface area contributed by atoms with E-state index in [1.54, 1.807) is 4.90 Å². The zero-order valence-corrected chi connectivity index (χ0v) is 8.58. The summed E-state index contributed by atoms with van der Waals surface area (Å²) in [6.45, 7) is 0.810. The Morgan fingerprint density at radius 1 is 1.27 bits per heavy atom. The van der Waals surface area contributed by atoms with Gasteiger partial charge in [-0.2, -0.15) is 0 Å². The molecule has 2 nitrogen and oxygen atoms in total. The molecule has 0 spiro atoms. The Hall–Kier alpha value is -1.38. The molecule has 2 rings (SSSR count). The summed E-state index contributed by atoms with van der Waals surface area (Å²) >= 11 is 0. The summed E-state index contributed by atoms with van der Waals surface area (Å²) in [4.78, 5) is 13.4. The van der Waals surface area contributed by atoms with Gasteiger partial charge in [0.15, 0.2) is 0 Å². The lowest BCUT2D eigenvalue weighted by atomic mass is 9.99. The van der Waals surface area contributed by atoms with Crippen molar-refractivity contribution in [2.24, 2.45) is 0 Å². The summed E-state index contributed by atoms with van der Waals surface area (Å²) in [5.41, 5.74) is 2.30. The van der Waals surface area contributed by atoms with Gasteiger partial charge < -0.3 is 4.90 Å². The zero-order valence-electron chi connectivity index (χ0n) is 8.58. The number of hydrogen-bond acceptors (Lipinski definition) is 1. The van der Waals surface area contributed by atoms with Gasteiger partial charge in [-0.25, -0.2) is 0 Å². The molecule has 1 amide bonds. The highest BCUT2D eigenvalue weighted by Gasteiger charge is 2.21. The molecule has 1 aromatic carbocycles. The molecule has 0 aromatic heterocycles. The quantitative estimate of drug-likeness (QED) is 0.741. The van der Waals surface area contributed by atoms with Gasteiger partial charge in [0.2, 0.25) is 5.91 Å². The summed E-state index contributed by atoms with van der Waals surface area (Å²) in [5, 5.41) is 0. The van der Waals surface area contributed by atoms with E-state index in [9.17, 15) is 9.18 Å². The Kier molecular flexibility index (Phi) is 2.99. The third-order valence-corrected chi connectivity index (χ3v) is 2.74. The number of benzene rings is 1. The maximum absolute atomic E-state index is 12.0. The SMILES string of the molecule is O=C1Cc2ccccc2CN1CCCF. The average molecular weight is 207 g/mol. The van der Waals surface area contributed by atoms with E-state index in [1.807, 2.05) is 24.3 Å². The predicted octanol–water partition coefficient (Wildman–Crippen LogP) is 1.93. The third-order valence-electron chi connectivity index (χ3n) is 2.74. The van der Waals surface area contributed by atoms with Crippen LogP contribution in [0, 0.1) is 0 Å². The van der Waals surface area contributed by atoms with Gasteiger partial charge in [0.1, 0.15) is 0 Å². The lowest BCUT2D eigenvalue weighted by Gasteiger charge is -2.28. The van der Waals surface area contributed by atoms with Crippen molar-refractivity contribution in [1.29, 1.82) is 0 Å². The Balaban J connectivity index is 2.11. The number of rotatable bonds is 3. The Morgan fingerprint density at radius 2 is 2.00 bits per heavy atom. The molecule has 80 valence electrons. The van der Waals surface area contributed by atoms with Gasteiger partial charge in [-0.15, -0.1) is 0 Å². The van der Waals surface area contributed by atoms with Crippen LogP contribution in [-0.2, 0) is 17.8 Å². The summed E-state index contributed by atoms with van der Waals surface area (Å²) in [6, 6.07) is 7.94. The van der Waals surface area contributed by atoms with Gasteiger partial charge in [0, 0.05) is 13.1 Å². The standard InChI is InChI=1S/C12H14FNO/c13-6-3-7-14-9-11-5-2-1-4-10(11)8-12(14)15/h1-2,4-5H,3,6-9H2. The molecule has 0 unspecified atom stereocenters. The molecule has 1 heterocycles. The van der Waals surface area contributed by atoms with Gasteiger partial charge in [-0.05, 0) is 17.5 Å². The molecule has 0 N–H and O–H groups in total. The number of carbonyl (C=O) groups is 1. The van der Waals surface area contributed by atoms with Crippen LogP contribution in [-0.4, -0.2) is 24.0 Å². The Labute approximate surface area is 88.7 Å². The van der Waals surface area contributed by atoms with Crippen molar-refractivity contribution in [2.75, 3.05) is 13.2 Å². The normalized spacial score (nSPS) is 15.3. The largest absolute Gasteiger partial charge is 0.338 e. The van der Waals surface area contributed by atoms with E-state index in [0.717, 1.165) is 5.56 Å². The van der Waals surface area contributed by atoms with Gasteiger partial charge in [-0.1, -0.05) is 24.3 Å². The minimum Gasteiger partial charge on any atom is -0.338 e. The predicted molar refractivity (Wildman–Crippen MR) is 56.2 cm³/mol. The molecule has 0 saturated carbocycles. The fourth-order valence-corrected chi connectivity index (χ4v) is 1.91. The van der Waals surface area contributed by atoms with Crippen LogP contribution in [0.3, 0.4) is 0 Å². The van der Waals surface area contributed by atoms with Crippen LogP contribution >= 0.6 is 0 Å². The molecule has 1 aromatic rings. The van der Waals surface area contributed by atoms with Crippen LogP contribution in [0.15, 0.2) is 24.3 Å². The van der Waals surface area contributed by atoms with E-state index in [-0.39, 0.29) is 12.6 Å². The lowest BCUT2D eigenvalue weighted by Crippen LogP contribution is -2.36. The number of fused-ring (bicyclic) bond motifs is 1. The molecule has 0 aliphatic carbocycles. The highest BCUT2D eigenvalue weighted by molar-refractivity contribution is 5.80.